The zero-order valence-corrected chi connectivity index (χ0v) is 12.6. The summed E-state index contributed by atoms with van der Waals surface area (Å²) < 4.78 is 0. The first-order valence-electron chi connectivity index (χ1n) is 5.98. The number of thioether (sulfide) groups is 1. The third kappa shape index (κ3) is 5.52. The van der Waals surface area contributed by atoms with Gasteiger partial charge in [-0.2, -0.15) is 0 Å². The monoisotopic (exact) mass is 291 g/mol. The van der Waals surface area contributed by atoms with Crippen molar-refractivity contribution in [1.29, 1.82) is 0 Å². The van der Waals surface area contributed by atoms with Crippen LogP contribution < -0.4 is 5.32 Å². The van der Waals surface area contributed by atoms with Crippen molar-refractivity contribution in [3.63, 3.8) is 0 Å². The summed E-state index contributed by atoms with van der Waals surface area (Å²) >= 11 is 13.8. The Morgan fingerprint density at radius 1 is 1.24 bits per heavy atom. The second kappa shape index (κ2) is 8.25. The molecular formula is C13H19Cl2NS. The maximum atomic E-state index is 6.09. The first-order chi connectivity index (χ1) is 8.17. The number of nitrogens with one attached hydrogen (secondary N) is 1. The van der Waals surface area contributed by atoms with Crippen LogP contribution in [0.4, 0.5) is 0 Å². The topological polar surface area (TPSA) is 12.0 Å². The van der Waals surface area contributed by atoms with E-state index in [1.165, 1.54) is 12.8 Å². The molecule has 4 heteroatoms. The fraction of sp³-hybridized carbons (Fsp3) is 0.538. The van der Waals surface area contributed by atoms with Crippen LogP contribution in [-0.2, 0) is 0 Å². The highest BCUT2D eigenvalue weighted by atomic mass is 35.5. The Morgan fingerprint density at radius 2 is 1.94 bits per heavy atom. The van der Waals surface area contributed by atoms with E-state index in [0.717, 1.165) is 27.2 Å². The highest BCUT2D eigenvalue weighted by Gasteiger charge is 2.04. The summed E-state index contributed by atoms with van der Waals surface area (Å²) in [6, 6.07) is 6.22. The quantitative estimate of drug-likeness (QED) is 0.568. The molecule has 96 valence electrons. The average molecular weight is 292 g/mol. The summed E-state index contributed by atoms with van der Waals surface area (Å²) in [5.41, 5.74) is 0. The lowest BCUT2D eigenvalue weighted by atomic mass is 10.2. The van der Waals surface area contributed by atoms with Crippen LogP contribution in [0.2, 0.25) is 10.0 Å². The van der Waals surface area contributed by atoms with Gasteiger partial charge < -0.3 is 5.32 Å². The molecule has 0 unspecified atom stereocenters. The molecule has 0 aromatic heterocycles. The summed E-state index contributed by atoms with van der Waals surface area (Å²) in [5.74, 6) is 1.01. The van der Waals surface area contributed by atoms with Gasteiger partial charge in [0.2, 0.25) is 0 Å². The molecule has 17 heavy (non-hydrogen) atoms. The van der Waals surface area contributed by atoms with Gasteiger partial charge in [-0.25, -0.2) is 0 Å². The maximum Gasteiger partial charge on any atom is 0.0542 e. The number of rotatable bonds is 7. The Balaban J connectivity index is 2.33. The Morgan fingerprint density at radius 3 is 2.59 bits per heavy atom. The third-order valence-electron chi connectivity index (χ3n) is 2.67. The molecule has 0 aliphatic carbocycles. The third-order valence-corrected chi connectivity index (χ3v) is 4.41. The van der Waals surface area contributed by atoms with Crippen LogP contribution in [0.5, 0.6) is 0 Å². The van der Waals surface area contributed by atoms with Gasteiger partial charge >= 0.3 is 0 Å². The van der Waals surface area contributed by atoms with E-state index in [-0.39, 0.29) is 0 Å². The molecule has 1 rings (SSSR count). The molecule has 0 saturated heterocycles. The largest absolute Gasteiger partial charge is 0.313 e. The van der Waals surface area contributed by atoms with Gasteiger partial charge in [-0.15, -0.1) is 11.8 Å². The molecule has 0 radical (unpaired) electrons. The summed E-state index contributed by atoms with van der Waals surface area (Å²) in [4.78, 5) is 1.06. The van der Waals surface area contributed by atoms with Gasteiger partial charge in [0, 0.05) is 28.3 Å². The predicted molar refractivity (Wildman–Crippen MR) is 79.6 cm³/mol. The van der Waals surface area contributed by atoms with Crippen LogP contribution >= 0.6 is 35.0 Å². The lowest BCUT2D eigenvalue weighted by molar-refractivity contribution is 0.501. The van der Waals surface area contributed by atoms with Crippen LogP contribution in [-0.4, -0.2) is 18.3 Å². The minimum Gasteiger partial charge on any atom is -0.313 e. The van der Waals surface area contributed by atoms with Crippen molar-refractivity contribution in [1.82, 2.24) is 5.32 Å². The van der Waals surface area contributed by atoms with Crippen LogP contribution in [0, 0.1) is 0 Å². The molecule has 0 spiro atoms. The van der Waals surface area contributed by atoms with Crippen molar-refractivity contribution in [2.45, 2.75) is 37.6 Å². The van der Waals surface area contributed by atoms with Crippen molar-refractivity contribution in [2.24, 2.45) is 0 Å². The SMILES string of the molecule is CCC(CC)NCCSc1cc(Cl)ccc1Cl. The molecule has 0 amide bonds. The molecule has 1 aromatic rings. The first-order valence-corrected chi connectivity index (χ1v) is 7.72. The van der Waals surface area contributed by atoms with E-state index in [2.05, 4.69) is 19.2 Å². The molecule has 0 heterocycles. The van der Waals surface area contributed by atoms with Gasteiger partial charge in [-0.1, -0.05) is 37.0 Å². The predicted octanol–water partition coefficient (Wildman–Crippen LogP) is 4.86. The summed E-state index contributed by atoms with van der Waals surface area (Å²) in [7, 11) is 0. The van der Waals surface area contributed by atoms with E-state index < -0.39 is 0 Å². The van der Waals surface area contributed by atoms with E-state index in [9.17, 15) is 0 Å². The zero-order valence-electron chi connectivity index (χ0n) is 10.3. The lowest BCUT2D eigenvalue weighted by Crippen LogP contribution is -2.29. The van der Waals surface area contributed by atoms with Gasteiger partial charge in [0.1, 0.15) is 0 Å². The molecule has 0 aliphatic heterocycles. The summed E-state index contributed by atoms with van der Waals surface area (Å²) in [6.07, 6.45) is 2.36. The van der Waals surface area contributed by atoms with Gasteiger partial charge in [0.25, 0.3) is 0 Å². The van der Waals surface area contributed by atoms with Crippen LogP contribution in [0.15, 0.2) is 23.1 Å². The minimum absolute atomic E-state index is 0.630. The fourth-order valence-electron chi connectivity index (χ4n) is 1.59. The number of hydrogen-bond donors (Lipinski definition) is 1. The lowest BCUT2D eigenvalue weighted by Gasteiger charge is -2.14. The molecular weight excluding hydrogens is 273 g/mol. The molecule has 0 aliphatic rings. The molecule has 0 atom stereocenters. The smallest absolute Gasteiger partial charge is 0.0542 e. The average Bonchev–Trinajstić information content (AvgIpc) is 2.33. The summed E-state index contributed by atoms with van der Waals surface area (Å²) in [5, 5.41) is 5.05. The van der Waals surface area contributed by atoms with Gasteiger partial charge in [-0.3, -0.25) is 0 Å². The Bertz CT molecular complexity index is 340. The van der Waals surface area contributed by atoms with Crippen molar-refractivity contribution in [3.05, 3.63) is 28.2 Å². The number of halogens is 2. The van der Waals surface area contributed by atoms with Crippen LogP contribution in [0.3, 0.4) is 0 Å². The molecule has 0 saturated carbocycles. The van der Waals surface area contributed by atoms with E-state index >= 15 is 0 Å². The van der Waals surface area contributed by atoms with Gasteiger partial charge in [0.05, 0.1) is 5.02 Å². The second-order valence-corrected chi connectivity index (χ2v) is 5.87. The molecule has 1 N–H and O–H groups in total. The molecule has 0 fully saturated rings. The van der Waals surface area contributed by atoms with Crippen molar-refractivity contribution in [3.8, 4) is 0 Å². The zero-order chi connectivity index (χ0) is 12.7. The minimum atomic E-state index is 0.630. The Kier molecular flexibility index (Phi) is 7.36. The number of hydrogen-bond acceptors (Lipinski definition) is 2. The van der Waals surface area contributed by atoms with E-state index in [4.69, 9.17) is 23.2 Å². The molecule has 0 bridgehead atoms. The van der Waals surface area contributed by atoms with Gasteiger partial charge in [0.15, 0.2) is 0 Å². The van der Waals surface area contributed by atoms with E-state index in [1.807, 2.05) is 18.2 Å². The number of benzene rings is 1. The Hall–Kier alpha value is 0.110. The first kappa shape index (κ1) is 15.2. The highest BCUT2D eigenvalue weighted by Crippen LogP contribution is 2.29. The van der Waals surface area contributed by atoms with Gasteiger partial charge in [-0.05, 0) is 31.0 Å². The summed E-state index contributed by atoms with van der Waals surface area (Å²) in [6.45, 7) is 5.42. The van der Waals surface area contributed by atoms with Crippen molar-refractivity contribution >= 4 is 35.0 Å². The van der Waals surface area contributed by atoms with Crippen LogP contribution in [0.1, 0.15) is 26.7 Å². The Labute approximate surface area is 118 Å². The highest BCUT2D eigenvalue weighted by molar-refractivity contribution is 7.99. The maximum absolute atomic E-state index is 6.09. The van der Waals surface area contributed by atoms with Crippen molar-refractivity contribution in [2.75, 3.05) is 12.3 Å². The molecule has 1 aromatic carbocycles. The normalized spacial score (nSPS) is 11.1. The second-order valence-electron chi connectivity index (χ2n) is 3.89. The van der Waals surface area contributed by atoms with Crippen LogP contribution in [0.25, 0.3) is 0 Å². The standard InChI is InChI=1S/C13H19Cl2NS/c1-3-11(4-2)16-7-8-17-13-9-10(14)5-6-12(13)15/h5-6,9,11,16H,3-4,7-8H2,1-2H3. The van der Waals surface area contributed by atoms with E-state index in [0.29, 0.717) is 6.04 Å². The fourth-order valence-corrected chi connectivity index (χ4v) is 2.96. The van der Waals surface area contributed by atoms with Crippen molar-refractivity contribution < 1.29 is 0 Å². The van der Waals surface area contributed by atoms with E-state index in [1.54, 1.807) is 11.8 Å². The molecule has 1 nitrogen and oxygen atoms in total.